The molecule has 9 heteroatoms. The van der Waals surface area contributed by atoms with Crippen LogP contribution in [0.2, 0.25) is 0 Å². The molecular weight excluding hydrogens is 1090 g/mol. The van der Waals surface area contributed by atoms with Crippen molar-refractivity contribution in [3.05, 3.63) is 72.9 Å². The van der Waals surface area contributed by atoms with Crippen LogP contribution in [0, 0.1) is 0 Å². The van der Waals surface area contributed by atoms with Crippen LogP contribution in [-0.2, 0) is 18.4 Å². The zero-order valence-electron chi connectivity index (χ0n) is 58.5. The maximum absolute atomic E-state index is 13.1. The molecule has 0 aromatic rings. The number of quaternary nitrogens is 1. The van der Waals surface area contributed by atoms with Gasteiger partial charge in [0, 0.05) is 6.42 Å². The van der Waals surface area contributed by atoms with Crippen LogP contribution >= 0.6 is 7.82 Å². The van der Waals surface area contributed by atoms with E-state index >= 15 is 0 Å². The van der Waals surface area contributed by atoms with Gasteiger partial charge >= 0.3 is 7.82 Å². The summed E-state index contributed by atoms with van der Waals surface area (Å²) in [6.45, 7) is 4.83. The molecule has 0 saturated heterocycles. The van der Waals surface area contributed by atoms with Crippen molar-refractivity contribution in [2.45, 2.75) is 379 Å². The van der Waals surface area contributed by atoms with Crippen LogP contribution < -0.4 is 5.32 Å². The molecule has 0 aliphatic rings. The summed E-state index contributed by atoms with van der Waals surface area (Å²) in [5.41, 5.74) is 0. The molecule has 0 spiro atoms. The van der Waals surface area contributed by atoms with Crippen molar-refractivity contribution < 1.29 is 32.9 Å². The number of rotatable bonds is 70. The lowest BCUT2D eigenvalue weighted by molar-refractivity contribution is -0.870. The molecular formula is C78H148N2O6P+. The molecule has 3 atom stereocenters. The Bertz CT molecular complexity index is 1650. The normalized spacial score (nSPS) is 14.0. The molecule has 0 aromatic carbocycles. The summed E-state index contributed by atoms with van der Waals surface area (Å²) < 4.78 is 23.9. The predicted octanol–water partition coefficient (Wildman–Crippen LogP) is 24.5. The fourth-order valence-corrected chi connectivity index (χ4v) is 12.1. The zero-order valence-corrected chi connectivity index (χ0v) is 59.4. The third-order valence-electron chi connectivity index (χ3n) is 17.2. The Balaban J connectivity index is 3.92. The number of nitrogens with one attached hydrogen (secondary N) is 1. The number of phosphoric ester groups is 1. The molecule has 1 amide bonds. The van der Waals surface area contributed by atoms with E-state index in [1.54, 1.807) is 0 Å². The summed E-state index contributed by atoms with van der Waals surface area (Å²) in [5.74, 6) is -0.137. The van der Waals surface area contributed by atoms with E-state index in [-0.39, 0.29) is 19.1 Å². The fourth-order valence-electron chi connectivity index (χ4n) is 11.4. The first-order valence-electron chi connectivity index (χ1n) is 37.8. The standard InChI is InChI=1S/C78H147N2O6P/c1-6-8-10-12-14-16-18-20-22-24-26-28-30-32-33-34-35-36-37-38-39-40-41-42-43-44-45-46-47-48-50-52-54-56-58-60-62-64-66-68-70-72-78(82)79-76(75-86-87(83,84)85-74-73-80(3,4)5)77(81)71-69-67-65-63-61-59-57-55-53-51-49-31-29-27-25-23-21-19-17-15-13-11-9-7-2/h8,10,14,16,20,22,26,28,32-33,35-36,76-77,81H,6-7,9,11-13,15,17-19,21,23-25,27,29-31,34,37-75H2,1-5H3,(H-,79,82,83,84)/p+1/b10-8-,16-14-,22-20-,28-26-,33-32-,36-35-. The van der Waals surface area contributed by atoms with Crippen molar-refractivity contribution in [2.24, 2.45) is 0 Å². The molecule has 8 nitrogen and oxygen atoms in total. The van der Waals surface area contributed by atoms with Gasteiger partial charge in [-0.05, 0) is 64.2 Å². The molecule has 0 heterocycles. The highest BCUT2D eigenvalue weighted by atomic mass is 31.2. The number of carbonyl (C=O) groups is 1. The number of likely N-dealkylation sites (N-methyl/N-ethyl adjacent to an activating group) is 1. The molecule has 0 radical (unpaired) electrons. The number of amides is 1. The van der Waals surface area contributed by atoms with Gasteiger partial charge in [-0.15, -0.1) is 0 Å². The maximum atomic E-state index is 13.1. The third kappa shape index (κ3) is 71.2. The number of hydrogen-bond donors (Lipinski definition) is 3. The molecule has 0 aromatic heterocycles. The molecule has 0 fully saturated rings. The van der Waals surface area contributed by atoms with Crippen molar-refractivity contribution in [1.82, 2.24) is 5.32 Å². The van der Waals surface area contributed by atoms with Crippen molar-refractivity contribution in [2.75, 3.05) is 40.9 Å². The second-order valence-corrected chi connectivity index (χ2v) is 28.5. The lowest BCUT2D eigenvalue weighted by atomic mass is 10.0. The second kappa shape index (κ2) is 68.3. The van der Waals surface area contributed by atoms with E-state index in [1.807, 2.05) is 21.1 Å². The van der Waals surface area contributed by atoms with Gasteiger partial charge in [-0.2, -0.15) is 0 Å². The molecule has 0 aliphatic heterocycles. The maximum Gasteiger partial charge on any atom is 0.472 e. The molecule has 87 heavy (non-hydrogen) atoms. The van der Waals surface area contributed by atoms with E-state index in [4.69, 9.17) is 9.05 Å². The average molecular weight is 1240 g/mol. The highest BCUT2D eigenvalue weighted by molar-refractivity contribution is 7.47. The number of allylic oxidation sites excluding steroid dienone is 12. The van der Waals surface area contributed by atoms with Crippen LogP contribution in [0.4, 0.5) is 0 Å². The van der Waals surface area contributed by atoms with Gasteiger partial charge in [-0.1, -0.05) is 369 Å². The molecule has 0 bridgehead atoms. The first-order valence-corrected chi connectivity index (χ1v) is 39.3. The van der Waals surface area contributed by atoms with Crippen LogP contribution in [0.15, 0.2) is 72.9 Å². The highest BCUT2D eigenvalue weighted by Crippen LogP contribution is 2.43. The summed E-state index contributed by atoms with van der Waals surface area (Å²) in [4.78, 5) is 23.5. The van der Waals surface area contributed by atoms with Crippen LogP contribution in [0.1, 0.15) is 367 Å². The zero-order chi connectivity index (χ0) is 63.4. The summed E-state index contributed by atoms with van der Waals surface area (Å²) in [5, 5.41) is 14.2. The molecule has 3 unspecified atom stereocenters. The Morgan fingerprint density at radius 3 is 1.01 bits per heavy atom. The highest BCUT2D eigenvalue weighted by Gasteiger charge is 2.28. The summed E-state index contributed by atoms with van der Waals surface area (Å²) >= 11 is 0. The van der Waals surface area contributed by atoms with Crippen LogP contribution in [0.25, 0.3) is 0 Å². The number of phosphoric acid groups is 1. The third-order valence-corrected chi connectivity index (χ3v) is 18.2. The van der Waals surface area contributed by atoms with Crippen molar-refractivity contribution >= 4 is 13.7 Å². The van der Waals surface area contributed by atoms with Crippen LogP contribution in [0.3, 0.4) is 0 Å². The largest absolute Gasteiger partial charge is 0.472 e. The summed E-state index contributed by atoms with van der Waals surface area (Å²) in [7, 11) is 1.63. The number of nitrogens with zero attached hydrogens (tertiary/aromatic N) is 1. The van der Waals surface area contributed by atoms with Gasteiger partial charge in [-0.25, -0.2) is 4.57 Å². The Morgan fingerprint density at radius 2 is 0.690 bits per heavy atom. The van der Waals surface area contributed by atoms with E-state index in [9.17, 15) is 19.4 Å². The lowest BCUT2D eigenvalue weighted by Gasteiger charge is -2.26. The number of hydrogen-bond acceptors (Lipinski definition) is 5. The van der Waals surface area contributed by atoms with E-state index in [0.29, 0.717) is 23.9 Å². The smallest absolute Gasteiger partial charge is 0.391 e. The van der Waals surface area contributed by atoms with Gasteiger partial charge in [0.25, 0.3) is 0 Å². The summed E-state index contributed by atoms with van der Waals surface area (Å²) in [6.07, 6.45) is 96.0. The Labute approximate surface area is 542 Å². The predicted molar refractivity (Wildman–Crippen MR) is 383 cm³/mol. The minimum absolute atomic E-state index is 0.0758. The minimum atomic E-state index is -4.33. The van der Waals surface area contributed by atoms with E-state index < -0.39 is 20.0 Å². The Kier molecular flexibility index (Phi) is 66.7. The topological polar surface area (TPSA) is 105 Å². The van der Waals surface area contributed by atoms with Crippen LogP contribution in [-0.4, -0.2) is 73.4 Å². The van der Waals surface area contributed by atoms with E-state index in [0.717, 1.165) is 77.0 Å². The first-order chi connectivity index (χ1) is 42.5. The molecule has 3 N–H and O–H groups in total. The lowest BCUT2D eigenvalue weighted by Crippen LogP contribution is -2.46. The van der Waals surface area contributed by atoms with Gasteiger partial charge in [0.1, 0.15) is 13.2 Å². The van der Waals surface area contributed by atoms with Crippen molar-refractivity contribution in [3.63, 3.8) is 0 Å². The monoisotopic (exact) mass is 1240 g/mol. The van der Waals surface area contributed by atoms with Gasteiger partial charge in [-0.3, -0.25) is 13.8 Å². The van der Waals surface area contributed by atoms with Crippen molar-refractivity contribution in [1.29, 1.82) is 0 Å². The quantitative estimate of drug-likeness (QED) is 0.0243. The first kappa shape index (κ1) is 84.9. The number of aliphatic hydroxyl groups excluding tert-OH is 1. The Morgan fingerprint density at radius 1 is 0.402 bits per heavy atom. The fraction of sp³-hybridized carbons (Fsp3) is 0.833. The van der Waals surface area contributed by atoms with Gasteiger partial charge < -0.3 is 19.8 Å². The Hall–Kier alpha value is -2.06. The number of aliphatic hydroxyl groups is 1. The van der Waals surface area contributed by atoms with Gasteiger partial charge in [0.05, 0.1) is 39.9 Å². The van der Waals surface area contributed by atoms with Gasteiger partial charge in [0.2, 0.25) is 5.91 Å². The minimum Gasteiger partial charge on any atom is -0.391 e. The van der Waals surface area contributed by atoms with Crippen LogP contribution in [0.5, 0.6) is 0 Å². The second-order valence-electron chi connectivity index (χ2n) is 27.0. The summed E-state index contributed by atoms with van der Waals surface area (Å²) in [6, 6.07) is -0.762. The molecule has 0 aliphatic carbocycles. The molecule has 510 valence electrons. The molecule has 0 saturated carbocycles. The van der Waals surface area contributed by atoms with Crippen molar-refractivity contribution in [3.8, 4) is 0 Å². The van der Waals surface area contributed by atoms with E-state index in [2.05, 4.69) is 92.1 Å². The average Bonchev–Trinajstić information content (AvgIpc) is 3.71. The van der Waals surface area contributed by atoms with Gasteiger partial charge in [0.15, 0.2) is 0 Å². The number of carbonyl (C=O) groups excluding carboxylic acids is 1. The SMILES string of the molecule is CC/C=C\C/C=C\C/C=C\C/C=C\C/C=C\C/C=C\CCCCCCCCCCCCCCCCCCCCCCCCC(=O)NC(COP(=O)(O)OCC[N+](C)(C)C)C(O)CCCCCCCCCCCCCCCCCCCCCCCCCC. The molecule has 0 rings (SSSR count). The van der Waals surface area contributed by atoms with E-state index in [1.165, 1.54) is 263 Å². The number of unbranched alkanes of at least 4 members (excludes halogenated alkanes) is 45.